The normalized spacial score (nSPS) is 10.8. The zero-order valence-corrected chi connectivity index (χ0v) is 12.2. The zero-order valence-electron chi connectivity index (χ0n) is 10.7. The monoisotopic (exact) mass is 275 g/mol. The van der Waals surface area contributed by atoms with Gasteiger partial charge in [0.2, 0.25) is 0 Å². The molecule has 0 aliphatic rings. The number of hydrogen-bond acceptors (Lipinski definition) is 3. The first-order valence-electron chi connectivity index (χ1n) is 5.76. The number of hydrogen-bond donors (Lipinski definition) is 1. The highest BCUT2D eigenvalue weighted by atomic mass is 35.5. The lowest BCUT2D eigenvalue weighted by Gasteiger charge is -2.22. The zero-order chi connectivity index (χ0) is 13.0. The standard InChI is InChI=1S/C12H19Cl2N3/c1-5-15-11-9(13)6-10(14)12(16-11)17(4)7-8(2)3/h6,8H,5,7H2,1-4H3,(H,15,16). The van der Waals surface area contributed by atoms with E-state index in [1.165, 1.54) is 0 Å². The lowest BCUT2D eigenvalue weighted by Crippen LogP contribution is -2.24. The van der Waals surface area contributed by atoms with Crippen molar-refractivity contribution in [3.05, 3.63) is 16.1 Å². The van der Waals surface area contributed by atoms with Gasteiger partial charge in [-0.1, -0.05) is 37.0 Å². The summed E-state index contributed by atoms with van der Waals surface area (Å²) in [7, 11) is 1.98. The van der Waals surface area contributed by atoms with E-state index in [2.05, 4.69) is 24.1 Å². The molecule has 0 saturated heterocycles. The maximum atomic E-state index is 6.16. The fraction of sp³-hybridized carbons (Fsp3) is 0.583. The van der Waals surface area contributed by atoms with Crippen molar-refractivity contribution < 1.29 is 0 Å². The van der Waals surface area contributed by atoms with Crippen LogP contribution in [0.2, 0.25) is 10.0 Å². The summed E-state index contributed by atoms with van der Waals surface area (Å²) < 4.78 is 0. The highest BCUT2D eigenvalue weighted by Gasteiger charge is 2.13. The minimum Gasteiger partial charge on any atom is -0.369 e. The van der Waals surface area contributed by atoms with Gasteiger partial charge in [-0.15, -0.1) is 0 Å². The van der Waals surface area contributed by atoms with Gasteiger partial charge in [-0.05, 0) is 18.9 Å². The van der Waals surface area contributed by atoms with Gasteiger partial charge in [0.25, 0.3) is 0 Å². The Morgan fingerprint density at radius 2 is 2.00 bits per heavy atom. The fourth-order valence-electron chi connectivity index (χ4n) is 1.65. The molecule has 0 bridgehead atoms. The molecule has 1 heterocycles. The molecular weight excluding hydrogens is 257 g/mol. The molecule has 0 radical (unpaired) electrons. The molecule has 17 heavy (non-hydrogen) atoms. The molecule has 3 nitrogen and oxygen atoms in total. The van der Waals surface area contributed by atoms with Crippen LogP contribution in [0.5, 0.6) is 0 Å². The summed E-state index contributed by atoms with van der Waals surface area (Å²) in [6, 6.07) is 1.74. The van der Waals surface area contributed by atoms with Gasteiger partial charge in [0.1, 0.15) is 11.6 Å². The topological polar surface area (TPSA) is 28.2 Å². The predicted molar refractivity (Wildman–Crippen MR) is 76.5 cm³/mol. The second kappa shape index (κ2) is 6.31. The summed E-state index contributed by atoms with van der Waals surface area (Å²) in [4.78, 5) is 6.51. The van der Waals surface area contributed by atoms with Gasteiger partial charge in [0, 0.05) is 20.1 Å². The highest BCUT2D eigenvalue weighted by Crippen LogP contribution is 2.31. The Bertz CT molecular complexity index is 380. The van der Waals surface area contributed by atoms with Crippen molar-refractivity contribution in [1.29, 1.82) is 0 Å². The summed E-state index contributed by atoms with van der Waals surface area (Å²) in [5, 5.41) is 4.26. The van der Waals surface area contributed by atoms with Crippen molar-refractivity contribution in [2.45, 2.75) is 20.8 Å². The number of nitrogens with one attached hydrogen (secondary N) is 1. The van der Waals surface area contributed by atoms with E-state index in [1.807, 2.05) is 18.9 Å². The van der Waals surface area contributed by atoms with Gasteiger partial charge in [-0.25, -0.2) is 4.98 Å². The molecule has 0 atom stereocenters. The molecule has 0 saturated carbocycles. The van der Waals surface area contributed by atoms with Crippen molar-refractivity contribution in [3.8, 4) is 0 Å². The Labute approximate surface area is 113 Å². The Morgan fingerprint density at radius 1 is 1.35 bits per heavy atom. The average Bonchev–Trinajstić information content (AvgIpc) is 2.21. The predicted octanol–water partition coefficient (Wildman–Crippen LogP) is 3.91. The van der Waals surface area contributed by atoms with Gasteiger partial charge in [0.15, 0.2) is 0 Å². The first-order valence-corrected chi connectivity index (χ1v) is 6.52. The van der Waals surface area contributed by atoms with Crippen LogP contribution in [0, 0.1) is 5.92 Å². The first kappa shape index (κ1) is 14.4. The summed E-state index contributed by atoms with van der Waals surface area (Å²) in [5.41, 5.74) is 0. The van der Waals surface area contributed by atoms with Crippen molar-refractivity contribution in [2.24, 2.45) is 5.92 Å². The van der Waals surface area contributed by atoms with Gasteiger partial charge < -0.3 is 10.2 Å². The fourth-order valence-corrected chi connectivity index (χ4v) is 2.22. The molecule has 0 amide bonds. The lowest BCUT2D eigenvalue weighted by atomic mass is 10.2. The number of anilines is 2. The van der Waals surface area contributed by atoms with Crippen LogP contribution < -0.4 is 10.2 Å². The number of pyridine rings is 1. The number of nitrogens with zero attached hydrogens (tertiary/aromatic N) is 2. The maximum absolute atomic E-state index is 6.16. The second-order valence-corrected chi connectivity index (χ2v) is 5.24. The highest BCUT2D eigenvalue weighted by molar-refractivity contribution is 6.37. The second-order valence-electron chi connectivity index (χ2n) is 4.43. The quantitative estimate of drug-likeness (QED) is 0.883. The molecular formula is C12H19Cl2N3. The van der Waals surface area contributed by atoms with Crippen LogP contribution in [0.1, 0.15) is 20.8 Å². The number of halogens is 2. The Balaban J connectivity index is 3.02. The van der Waals surface area contributed by atoms with E-state index < -0.39 is 0 Å². The molecule has 0 fully saturated rings. The number of rotatable bonds is 5. The summed E-state index contributed by atoms with van der Waals surface area (Å²) in [6.45, 7) is 8.00. The molecule has 5 heteroatoms. The SMILES string of the molecule is CCNc1nc(N(C)CC(C)C)c(Cl)cc1Cl. The molecule has 0 aliphatic heterocycles. The van der Waals surface area contributed by atoms with Crippen LogP contribution >= 0.6 is 23.2 Å². The van der Waals surface area contributed by atoms with E-state index in [-0.39, 0.29) is 0 Å². The van der Waals surface area contributed by atoms with Crippen molar-refractivity contribution >= 4 is 34.8 Å². The Morgan fingerprint density at radius 3 is 2.53 bits per heavy atom. The van der Waals surface area contributed by atoms with E-state index >= 15 is 0 Å². The minimum absolute atomic E-state index is 0.552. The molecule has 1 aromatic rings. The molecule has 1 rings (SSSR count). The lowest BCUT2D eigenvalue weighted by molar-refractivity contribution is 0.635. The van der Waals surface area contributed by atoms with Gasteiger partial charge in [-0.3, -0.25) is 0 Å². The number of aromatic nitrogens is 1. The Kier molecular flexibility index (Phi) is 5.34. The first-order chi connectivity index (χ1) is 7.95. The smallest absolute Gasteiger partial charge is 0.149 e. The van der Waals surface area contributed by atoms with Crippen LogP contribution in [0.3, 0.4) is 0 Å². The van der Waals surface area contributed by atoms with Gasteiger partial charge >= 0.3 is 0 Å². The van der Waals surface area contributed by atoms with E-state index in [9.17, 15) is 0 Å². The van der Waals surface area contributed by atoms with Gasteiger partial charge in [-0.2, -0.15) is 0 Å². The van der Waals surface area contributed by atoms with Crippen LogP contribution in [-0.4, -0.2) is 25.1 Å². The van der Waals surface area contributed by atoms with Crippen molar-refractivity contribution in [2.75, 3.05) is 30.4 Å². The summed E-state index contributed by atoms with van der Waals surface area (Å²) in [6.07, 6.45) is 0. The molecule has 1 aromatic heterocycles. The maximum Gasteiger partial charge on any atom is 0.149 e. The summed E-state index contributed by atoms with van der Waals surface area (Å²) >= 11 is 12.2. The van der Waals surface area contributed by atoms with Gasteiger partial charge in [0.05, 0.1) is 10.0 Å². The third-order valence-electron chi connectivity index (χ3n) is 2.26. The van der Waals surface area contributed by atoms with Crippen LogP contribution in [0.25, 0.3) is 0 Å². The Hall–Kier alpha value is -0.670. The largest absolute Gasteiger partial charge is 0.369 e. The molecule has 0 spiro atoms. The van der Waals surface area contributed by atoms with Crippen molar-refractivity contribution in [1.82, 2.24) is 4.98 Å². The summed E-state index contributed by atoms with van der Waals surface area (Å²) in [5.74, 6) is 2.00. The minimum atomic E-state index is 0.552. The molecule has 0 aromatic carbocycles. The van der Waals surface area contributed by atoms with Crippen LogP contribution in [0.4, 0.5) is 11.6 Å². The van der Waals surface area contributed by atoms with Crippen LogP contribution in [0.15, 0.2) is 6.07 Å². The molecule has 96 valence electrons. The average molecular weight is 276 g/mol. The molecule has 0 aliphatic carbocycles. The van der Waals surface area contributed by atoms with Crippen LogP contribution in [-0.2, 0) is 0 Å². The third-order valence-corrected chi connectivity index (χ3v) is 2.82. The van der Waals surface area contributed by atoms with E-state index in [0.717, 1.165) is 18.9 Å². The molecule has 1 N–H and O–H groups in total. The van der Waals surface area contributed by atoms with E-state index in [1.54, 1.807) is 6.07 Å². The van der Waals surface area contributed by atoms with Crippen molar-refractivity contribution in [3.63, 3.8) is 0 Å². The van der Waals surface area contributed by atoms with E-state index in [4.69, 9.17) is 23.2 Å². The van der Waals surface area contributed by atoms with E-state index in [0.29, 0.717) is 21.8 Å². The third kappa shape index (κ3) is 3.93. The molecule has 0 unspecified atom stereocenters.